The van der Waals surface area contributed by atoms with Crippen LogP contribution >= 0.6 is 11.3 Å². The lowest BCUT2D eigenvalue weighted by molar-refractivity contribution is -0.117. The minimum Gasteiger partial charge on any atom is -0.351 e. The van der Waals surface area contributed by atoms with Crippen LogP contribution in [0.2, 0.25) is 0 Å². The molecule has 1 aromatic heterocycles. The monoisotopic (exact) mass is 460 g/mol. The van der Waals surface area contributed by atoms with Gasteiger partial charge in [0, 0.05) is 24.9 Å². The van der Waals surface area contributed by atoms with Crippen LogP contribution in [0, 0.1) is 0 Å². The molecular formula is C26H28N4O2S. The maximum atomic E-state index is 12.5. The van der Waals surface area contributed by atoms with Crippen LogP contribution in [0.5, 0.6) is 0 Å². The van der Waals surface area contributed by atoms with Crippen molar-refractivity contribution >= 4 is 40.0 Å². The highest BCUT2D eigenvalue weighted by Crippen LogP contribution is 2.29. The maximum Gasteiger partial charge on any atom is 0.244 e. The molecule has 1 atom stereocenters. The summed E-state index contributed by atoms with van der Waals surface area (Å²) >= 11 is 1.37. The number of nitrogens with one attached hydrogen (secondary N) is 1. The SMILES string of the molecule is CC(=O)N(c1ccccc1)c1nc(/C=C/C(=O)NCC(c2ccccc2)N2CCCC2)cs1. The second kappa shape index (κ2) is 11.0. The van der Waals surface area contributed by atoms with Gasteiger partial charge >= 0.3 is 0 Å². The van der Waals surface area contributed by atoms with E-state index >= 15 is 0 Å². The average Bonchev–Trinajstić information content (AvgIpc) is 3.52. The van der Waals surface area contributed by atoms with E-state index in [-0.39, 0.29) is 17.9 Å². The third kappa shape index (κ3) is 5.94. The molecule has 0 saturated carbocycles. The number of likely N-dealkylation sites (tertiary alicyclic amines) is 1. The molecule has 170 valence electrons. The Balaban J connectivity index is 1.39. The molecule has 0 aliphatic carbocycles. The van der Waals surface area contributed by atoms with E-state index in [1.165, 1.54) is 42.7 Å². The molecule has 1 aliphatic heterocycles. The molecule has 33 heavy (non-hydrogen) atoms. The Kier molecular flexibility index (Phi) is 7.65. The zero-order chi connectivity index (χ0) is 23.0. The number of nitrogens with zero attached hydrogens (tertiary/aromatic N) is 3. The van der Waals surface area contributed by atoms with Crippen molar-refractivity contribution in [2.45, 2.75) is 25.8 Å². The number of hydrogen-bond donors (Lipinski definition) is 1. The van der Waals surface area contributed by atoms with Crippen molar-refractivity contribution < 1.29 is 9.59 Å². The number of aromatic nitrogens is 1. The van der Waals surface area contributed by atoms with E-state index in [9.17, 15) is 9.59 Å². The number of carbonyl (C=O) groups is 2. The number of hydrogen-bond acceptors (Lipinski definition) is 5. The highest BCUT2D eigenvalue weighted by atomic mass is 32.1. The fourth-order valence-electron chi connectivity index (χ4n) is 4.06. The van der Waals surface area contributed by atoms with Crippen LogP contribution in [0.3, 0.4) is 0 Å². The Morgan fingerprint density at radius 3 is 2.42 bits per heavy atom. The van der Waals surface area contributed by atoms with Gasteiger partial charge in [0.05, 0.1) is 17.4 Å². The van der Waals surface area contributed by atoms with Gasteiger partial charge in [0.1, 0.15) is 0 Å². The summed E-state index contributed by atoms with van der Waals surface area (Å²) in [5, 5.41) is 5.46. The highest BCUT2D eigenvalue weighted by molar-refractivity contribution is 7.14. The van der Waals surface area contributed by atoms with E-state index in [4.69, 9.17) is 0 Å². The minimum absolute atomic E-state index is 0.113. The van der Waals surface area contributed by atoms with Crippen molar-refractivity contribution in [1.82, 2.24) is 15.2 Å². The molecule has 1 N–H and O–H groups in total. The first-order chi connectivity index (χ1) is 16.1. The van der Waals surface area contributed by atoms with Gasteiger partial charge in [-0.3, -0.25) is 19.4 Å². The van der Waals surface area contributed by atoms with Crippen LogP contribution < -0.4 is 10.2 Å². The predicted octanol–water partition coefficient (Wildman–Crippen LogP) is 4.79. The van der Waals surface area contributed by atoms with E-state index < -0.39 is 0 Å². The van der Waals surface area contributed by atoms with Gasteiger partial charge in [-0.05, 0) is 49.7 Å². The fourth-order valence-corrected chi connectivity index (χ4v) is 4.92. The first kappa shape index (κ1) is 22.9. The Hall–Kier alpha value is -3.29. The lowest BCUT2D eigenvalue weighted by Gasteiger charge is -2.28. The lowest BCUT2D eigenvalue weighted by atomic mass is 10.1. The summed E-state index contributed by atoms with van der Waals surface area (Å²) in [6, 6.07) is 19.9. The van der Waals surface area contributed by atoms with E-state index in [2.05, 4.69) is 27.3 Å². The number of rotatable bonds is 8. The largest absolute Gasteiger partial charge is 0.351 e. The molecule has 2 aromatic carbocycles. The molecule has 3 aromatic rings. The Bertz CT molecular complexity index is 1090. The first-order valence-corrected chi connectivity index (χ1v) is 12.1. The van der Waals surface area contributed by atoms with Crippen LogP contribution in [0.15, 0.2) is 72.1 Å². The van der Waals surface area contributed by atoms with Crippen LogP contribution in [0.25, 0.3) is 6.08 Å². The topological polar surface area (TPSA) is 65.5 Å². The number of para-hydroxylation sites is 1. The number of thiazole rings is 1. The molecule has 0 spiro atoms. The van der Waals surface area contributed by atoms with Gasteiger partial charge in [-0.15, -0.1) is 11.3 Å². The fraction of sp³-hybridized carbons (Fsp3) is 0.269. The van der Waals surface area contributed by atoms with Crippen LogP contribution in [-0.4, -0.2) is 41.3 Å². The second-order valence-corrected chi connectivity index (χ2v) is 8.83. The molecule has 1 fully saturated rings. The van der Waals surface area contributed by atoms with Crippen molar-refractivity contribution in [2.24, 2.45) is 0 Å². The van der Waals surface area contributed by atoms with Crippen LogP contribution in [0.1, 0.15) is 37.1 Å². The quantitative estimate of drug-likeness (QED) is 0.491. The molecule has 1 saturated heterocycles. The molecule has 6 nitrogen and oxygen atoms in total. The van der Waals surface area contributed by atoms with E-state index in [1.807, 2.05) is 53.9 Å². The van der Waals surface area contributed by atoms with Gasteiger partial charge in [0.25, 0.3) is 0 Å². The molecule has 2 amide bonds. The second-order valence-electron chi connectivity index (χ2n) is 7.99. The molecule has 4 rings (SSSR count). The van der Waals surface area contributed by atoms with Crippen LogP contribution in [-0.2, 0) is 9.59 Å². The molecule has 0 radical (unpaired) electrons. The number of benzene rings is 2. The summed E-state index contributed by atoms with van der Waals surface area (Å²) in [5.74, 6) is -0.270. The third-order valence-corrected chi connectivity index (χ3v) is 6.52. The summed E-state index contributed by atoms with van der Waals surface area (Å²) in [5.41, 5.74) is 2.63. The lowest BCUT2D eigenvalue weighted by Crippen LogP contribution is -2.36. The Labute approximate surface area is 198 Å². The Morgan fingerprint density at radius 1 is 1.09 bits per heavy atom. The molecule has 7 heteroatoms. The van der Waals surface area contributed by atoms with Crippen molar-refractivity contribution in [2.75, 3.05) is 24.5 Å². The average molecular weight is 461 g/mol. The molecule has 1 aliphatic rings. The van der Waals surface area contributed by atoms with Gasteiger partial charge in [-0.25, -0.2) is 4.98 Å². The molecule has 1 unspecified atom stereocenters. The first-order valence-electron chi connectivity index (χ1n) is 11.2. The zero-order valence-electron chi connectivity index (χ0n) is 18.7. The summed E-state index contributed by atoms with van der Waals surface area (Å²) in [6.45, 7) is 4.18. The van der Waals surface area contributed by atoms with Crippen molar-refractivity contribution in [3.8, 4) is 0 Å². The maximum absolute atomic E-state index is 12.5. The Morgan fingerprint density at radius 2 is 1.76 bits per heavy atom. The summed E-state index contributed by atoms with van der Waals surface area (Å²) < 4.78 is 0. The summed E-state index contributed by atoms with van der Waals surface area (Å²) in [6.07, 6.45) is 5.59. The highest BCUT2D eigenvalue weighted by Gasteiger charge is 2.23. The van der Waals surface area contributed by atoms with Crippen LogP contribution in [0.4, 0.5) is 10.8 Å². The van der Waals surface area contributed by atoms with E-state index in [0.717, 1.165) is 18.8 Å². The minimum atomic E-state index is -0.156. The number of anilines is 2. The molecular weight excluding hydrogens is 432 g/mol. The van der Waals surface area contributed by atoms with Gasteiger partial charge in [-0.1, -0.05) is 48.5 Å². The normalized spacial score (nSPS) is 14.9. The third-order valence-electron chi connectivity index (χ3n) is 5.67. The van der Waals surface area contributed by atoms with Gasteiger partial charge in [-0.2, -0.15) is 0 Å². The van der Waals surface area contributed by atoms with Crippen molar-refractivity contribution in [1.29, 1.82) is 0 Å². The standard InChI is InChI=1S/C26H28N4O2S/c1-20(31)30(23-12-6-3-7-13-23)26-28-22(19-33-26)14-15-25(32)27-18-24(29-16-8-9-17-29)21-10-4-2-5-11-21/h2-7,10-15,19,24H,8-9,16-18H2,1H3,(H,27,32)/b15-14+. The van der Waals surface area contributed by atoms with Crippen molar-refractivity contribution in [3.05, 3.63) is 83.4 Å². The number of amides is 2. The molecule has 2 heterocycles. The van der Waals surface area contributed by atoms with Gasteiger partial charge in [0.2, 0.25) is 11.8 Å². The van der Waals surface area contributed by atoms with Gasteiger partial charge < -0.3 is 5.32 Å². The van der Waals surface area contributed by atoms with Gasteiger partial charge in [0.15, 0.2) is 5.13 Å². The number of carbonyl (C=O) groups excluding carboxylic acids is 2. The smallest absolute Gasteiger partial charge is 0.244 e. The van der Waals surface area contributed by atoms with Crippen molar-refractivity contribution in [3.63, 3.8) is 0 Å². The van der Waals surface area contributed by atoms with E-state index in [0.29, 0.717) is 17.4 Å². The molecule has 0 bridgehead atoms. The van der Waals surface area contributed by atoms with E-state index in [1.54, 1.807) is 11.0 Å². The summed E-state index contributed by atoms with van der Waals surface area (Å²) in [7, 11) is 0. The predicted molar refractivity (Wildman–Crippen MR) is 133 cm³/mol. The summed E-state index contributed by atoms with van der Waals surface area (Å²) in [4.78, 5) is 33.3. The zero-order valence-corrected chi connectivity index (χ0v) is 19.5.